The number of nitrogen functional groups attached to an aromatic ring is 1. The van der Waals surface area contributed by atoms with E-state index in [1.807, 2.05) is 0 Å². The van der Waals surface area contributed by atoms with E-state index < -0.39 is 0 Å². The molecule has 90 valence electrons. The molecule has 0 saturated heterocycles. The molecule has 0 atom stereocenters. The van der Waals surface area contributed by atoms with Crippen LogP contribution >= 0.6 is 0 Å². The highest BCUT2D eigenvalue weighted by Crippen LogP contribution is 2.12. The number of aryl methyl sites for hydroxylation is 1. The van der Waals surface area contributed by atoms with Crippen molar-refractivity contribution in [2.45, 2.75) is 19.9 Å². The van der Waals surface area contributed by atoms with Crippen LogP contribution in [0.3, 0.4) is 0 Å². The second kappa shape index (κ2) is 3.76. The van der Waals surface area contributed by atoms with Crippen molar-refractivity contribution in [2.75, 3.05) is 5.73 Å². The fourth-order valence-electron chi connectivity index (χ4n) is 1.95. The molecule has 0 spiro atoms. The summed E-state index contributed by atoms with van der Waals surface area (Å²) in [6, 6.07) is 4.81. The van der Waals surface area contributed by atoms with E-state index in [4.69, 9.17) is 5.73 Å². The number of anilines is 1. The van der Waals surface area contributed by atoms with E-state index in [1.54, 1.807) is 39.1 Å². The van der Waals surface area contributed by atoms with Gasteiger partial charge in [-0.15, -0.1) is 0 Å². The van der Waals surface area contributed by atoms with Crippen molar-refractivity contribution in [1.82, 2.24) is 9.13 Å². The lowest BCUT2D eigenvalue weighted by Crippen LogP contribution is -2.40. The Labute approximate surface area is 98.1 Å². The number of nitrogens with two attached hydrogens (primary N) is 1. The number of hydrogen-bond acceptors (Lipinski definition) is 3. The smallest absolute Gasteiger partial charge is 0.331 e. The highest BCUT2D eigenvalue weighted by molar-refractivity contribution is 5.81. The minimum Gasteiger partial charge on any atom is -0.399 e. The van der Waals surface area contributed by atoms with E-state index >= 15 is 0 Å². The van der Waals surface area contributed by atoms with Crippen molar-refractivity contribution in [1.29, 1.82) is 0 Å². The summed E-state index contributed by atoms with van der Waals surface area (Å²) in [6.07, 6.45) is 0. The molecule has 5 nitrogen and oxygen atoms in total. The number of hydrogen-bond donors (Lipinski definition) is 1. The molecule has 2 rings (SSSR count). The van der Waals surface area contributed by atoms with E-state index in [-0.39, 0.29) is 17.3 Å². The molecule has 0 saturated carbocycles. The molecule has 0 aliphatic heterocycles. The zero-order valence-corrected chi connectivity index (χ0v) is 10.1. The van der Waals surface area contributed by atoms with E-state index in [2.05, 4.69) is 0 Å². The normalized spacial score (nSPS) is 11.3. The Morgan fingerprint density at radius 2 is 1.88 bits per heavy atom. The van der Waals surface area contributed by atoms with Crippen molar-refractivity contribution in [3.05, 3.63) is 39.0 Å². The summed E-state index contributed by atoms with van der Waals surface area (Å²) in [5, 5.41) is 0.473. The van der Waals surface area contributed by atoms with E-state index in [0.29, 0.717) is 16.6 Å². The van der Waals surface area contributed by atoms with Crippen molar-refractivity contribution in [3.63, 3.8) is 0 Å². The number of fused-ring (bicyclic) bond motifs is 1. The molecular weight excluding hydrogens is 218 g/mol. The van der Waals surface area contributed by atoms with E-state index in [1.165, 1.54) is 9.13 Å². The van der Waals surface area contributed by atoms with Crippen LogP contribution in [-0.2, 0) is 7.05 Å². The molecule has 0 unspecified atom stereocenters. The molecule has 0 amide bonds. The third-order valence-corrected chi connectivity index (χ3v) is 2.84. The lowest BCUT2D eigenvalue weighted by molar-refractivity contribution is 0.532. The molecule has 0 bridgehead atoms. The standard InChI is InChI=1S/C12H15N3O2/c1-7(2)15-11(16)9-6-8(13)4-5-10(9)14(3)12(15)17/h4-7H,13H2,1-3H3. The largest absolute Gasteiger partial charge is 0.399 e. The highest BCUT2D eigenvalue weighted by Gasteiger charge is 2.12. The maximum atomic E-state index is 12.2. The summed E-state index contributed by atoms with van der Waals surface area (Å²) < 4.78 is 2.71. The molecule has 2 N–H and O–H groups in total. The molecule has 0 aliphatic carbocycles. The number of aromatic nitrogens is 2. The molecule has 1 aromatic heterocycles. The summed E-state index contributed by atoms with van der Waals surface area (Å²) in [5.74, 6) is 0. The Morgan fingerprint density at radius 1 is 1.24 bits per heavy atom. The third-order valence-electron chi connectivity index (χ3n) is 2.84. The Bertz CT molecular complexity index is 695. The molecule has 0 radical (unpaired) electrons. The van der Waals surface area contributed by atoms with Gasteiger partial charge in [0.2, 0.25) is 0 Å². The summed E-state index contributed by atoms with van der Waals surface area (Å²) in [5.41, 5.74) is 6.20. The van der Waals surface area contributed by atoms with E-state index in [0.717, 1.165) is 0 Å². The number of nitrogens with zero attached hydrogens (tertiary/aromatic N) is 2. The van der Waals surface area contributed by atoms with Gasteiger partial charge in [-0.05, 0) is 32.0 Å². The van der Waals surface area contributed by atoms with Crippen LogP contribution in [-0.4, -0.2) is 9.13 Å². The molecule has 0 aliphatic rings. The van der Waals surface area contributed by atoms with Gasteiger partial charge in [0, 0.05) is 18.8 Å². The summed E-state index contributed by atoms with van der Waals surface area (Å²) in [6.45, 7) is 3.61. The van der Waals surface area contributed by atoms with Gasteiger partial charge in [0.1, 0.15) is 0 Å². The number of rotatable bonds is 1. The second-order valence-electron chi connectivity index (χ2n) is 4.39. The Hall–Kier alpha value is -2.04. The molecule has 2 aromatic rings. The van der Waals surface area contributed by atoms with Crippen molar-refractivity contribution >= 4 is 16.6 Å². The van der Waals surface area contributed by atoms with Crippen LogP contribution in [0.5, 0.6) is 0 Å². The quantitative estimate of drug-likeness (QED) is 0.743. The van der Waals surface area contributed by atoms with Gasteiger partial charge in [-0.1, -0.05) is 0 Å². The SMILES string of the molecule is CC(C)n1c(=O)c2cc(N)ccc2n(C)c1=O. The zero-order chi connectivity index (χ0) is 12.7. The predicted molar refractivity (Wildman–Crippen MR) is 68.2 cm³/mol. The zero-order valence-electron chi connectivity index (χ0n) is 10.1. The maximum absolute atomic E-state index is 12.2. The van der Waals surface area contributed by atoms with E-state index in [9.17, 15) is 9.59 Å². The molecule has 1 heterocycles. The lowest BCUT2D eigenvalue weighted by Gasteiger charge is -2.13. The van der Waals surface area contributed by atoms with Crippen molar-refractivity contribution in [2.24, 2.45) is 7.05 Å². The van der Waals surface area contributed by atoms with Crippen LogP contribution in [0.25, 0.3) is 10.9 Å². The fraction of sp³-hybridized carbons (Fsp3) is 0.333. The van der Waals surface area contributed by atoms with Crippen molar-refractivity contribution < 1.29 is 0 Å². The first-order chi connectivity index (χ1) is 7.93. The average molecular weight is 233 g/mol. The fourth-order valence-corrected chi connectivity index (χ4v) is 1.95. The van der Waals surface area contributed by atoms with Crippen LogP contribution < -0.4 is 17.0 Å². The molecule has 1 aromatic carbocycles. The summed E-state index contributed by atoms with van der Waals surface area (Å²) >= 11 is 0. The summed E-state index contributed by atoms with van der Waals surface area (Å²) in [7, 11) is 1.65. The van der Waals surface area contributed by atoms with Crippen LogP contribution in [0.1, 0.15) is 19.9 Å². The van der Waals surface area contributed by atoms with Gasteiger partial charge in [0.05, 0.1) is 10.9 Å². The van der Waals surface area contributed by atoms with Gasteiger partial charge in [-0.3, -0.25) is 13.9 Å². The lowest BCUT2D eigenvalue weighted by atomic mass is 10.2. The van der Waals surface area contributed by atoms with Gasteiger partial charge in [0.15, 0.2) is 0 Å². The van der Waals surface area contributed by atoms with Crippen molar-refractivity contribution in [3.8, 4) is 0 Å². The maximum Gasteiger partial charge on any atom is 0.331 e. The number of benzene rings is 1. The topological polar surface area (TPSA) is 70.0 Å². The first kappa shape index (κ1) is 11.4. The molecule has 0 fully saturated rings. The van der Waals surface area contributed by atoms with Gasteiger partial charge in [0.25, 0.3) is 5.56 Å². The Balaban J connectivity index is 3.07. The first-order valence-corrected chi connectivity index (χ1v) is 5.44. The third kappa shape index (κ3) is 1.63. The van der Waals surface area contributed by atoms with Crippen LogP contribution in [0.2, 0.25) is 0 Å². The molecular formula is C12H15N3O2. The minimum absolute atomic E-state index is 0.174. The molecule has 5 heteroatoms. The highest BCUT2D eigenvalue weighted by atomic mass is 16.2. The van der Waals surface area contributed by atoms with Gasteiger partial charge in [-0.2, -0.15) is 0 Å². The van der Waals surface area contributed by atoms with Crippen LogP contribution in [0.4, 0.5) is 5.69 Å². The van der Waals surface area contributed by atoms with Gasteiger partial charge in [-0.25, -0.2) is 4.79 Å². The first-order valence-electron chi connectivity index (χ1n) is 5.44. The predicted octanol–water partition coefficient (Wildman–Crippen LogP) is 0.863. The summed E-state index contributed by atoms with van der Waals surface area (Å²) in [4.78, 5) is 24.2. The second-order valence-corrected chi connectivity index (χ2v) is 4.39. The Morgan fingerprint density at radius 3 is 2.47 bits per heavy atom. The minimum atomic E-state index is -0.303. The van der Waals surface area contributed by atoms with Gasteiger partial charge < -0.3 is 5.73 Å². The van der Waals surface area contributed by atoms with Crippen LogP contribution in [0.15, 0.2) is 27.8 Å². The monoisotopic (exact) mass is 233 g/mol. The average Bonchev–Trinajstić information content (AvgIpc) is 2.26. The Kier molecular flexibility index (Phi) is 2.53. The van der Waals surface area contributed by atoms with Crippen LogP contribution in [0, 0.1) is 0 Å². The molecule has 17 heavy (non-hydrogen) atoms. The van der Waals surface area contributed by atoms with Gasteiger partial charge >= 0.3 is 5.69 Å².